The lowest BCUT2D eigenvalue weighted by Crippen LogP contribution is -2.24. The highest BCUT2D eigenvalue weighted by molar-refractivity contribution is 5.83. The molecule has 0 fully saturated rings. The number of likely N-dealkylation sites (N-methyl/N-ethyl adjacent to an activating group) is 1. The van der Waals surface area contributed by atoms with Gasteiger partial charge in [-0.1, -0.05) is 48.5 Å². The van der Waals surface area contributed by atoms with Crippen molar-refractivity contribution >= 4 is 10.9 Å². The quantitative estimate of drug-likeness (QED) is 0.255. The summed E-state index contributed by atoms with van der Waals surface area (Å²) in [6.45, 7) is 2.07. The number of aromatic nitrogens is 2. The van der Waals surface area contributed by atoms with Crippen LogP contribution in [-0.4, -0.2) is 41.8 Å². The van der Waals surface area contributed by atoms with Gasteiger partial charge >= 0.3 is 0 Å². The Balaban J connectivity index is 1.32. The first kappa shape index (κ1) is 25.2. The number of ether oxygens (including phenoxy) is 2. The van der Waals surface area contributed by atoms with Crippen molar-refractivity contribution in [2.45, 2.75) is 6.54 Å². The molecule has 192 valence electrons. The molecule has 0 saturated heterocycles. The van der Waals surface area contributed by atoms with E-state index in [-0.39, 0.29) is 11.4 Å². The smallest absolute Gasteiger partial charge is 0.265 e. The molecular weight excluding hydrogens is 481 g/mol. The minimum atomic E-state index is -0.294. The van der Waals surface area contributed by atoms with E-state index in [0.717, 1.165) is 24.2 Å². The lowest BCUT2D eigenvalue weighted by molar-refractivity contribution is 0.226. The molecule has 5 rings (SSSR count). The second-order valence-corrected chi connectivity index (χ2v) is 9.07. The van der Waals surface area contributed by atoms with Gasteiger partial charge in [0.1, 0.15) is 18.8 Å². The number of benzene rings is 4. The zero-order valence-corrected chi connectivity index (χ0v) is 21.3. The van der Waals surface area contributed by atoms with Crippen LogP contribution in [0.25, 0.3) is 27.7 Å². The highest BCUT2D eigenvalue weighted by Crippen LogP contribution is 2.29. The van der Waals surface area contributed by atoms with Crippen LogP contribution in [0.15, 0.2) is 102 Å². The van der Waals surface area contributed by atoms with Crippen LogP contribution in [0.2, 0.25) is 0 Å². The third-order valence-electron chi connectivity index (χ3n) is 6.39. The summed E-state index contributed by atoms with van der Waals surface area (Å²) in [6, 6.07) is 27.3. The summed E-state index contributed by atoms with van der Waals surface area (Å²) in [5.41, 5.74) is 3.96. The summed E-state index contributed by atoms with van der Waals surface area (Å²) in [7, 11) is 3.63. The Kier molecular flexibility index (Phi) is 7.47. The molecule has 0 atom stereocenters. The van der Waals surface area contributed by atoms with Crippen molar-refractivity contribution in [3.8, 4) is 28.3 Å². The van der Waals surface area contributed by atoms with Crippen LogP contribution in [0.5, 0.6) is 11.5 Å². The van der Waals surface area contributed by atoms with Crippen LogP contribution >= 0.6 is 0 Å². The van der Waals surface area contributed by atoms with Crippen molar-refractivity contribution in [2.24, 2.45) is 0 Å². The van der Waals surface area contributed by atoms with E-state index in [1.807, 2.05) is 36.4 Å². The normalized spacial score (nSPS) is 11.2. The first-order valence-electron chi connectivity index (χ1n) is 12.3. The summed E-state index contributed by atoms with van der Waals surface area (Å²) in [5.74, 6) is 0.847. The predicted molar refractivity (Wildman–Crippen MR) is 148 cm³/mol. The third-order valence-corrected chi connectivity index (χ3v) is 6.39. The molecule has 0 aliphatic carbocycles. The van der Waals surface area contributed by atoms with Crippen LogP contribution in [-0.2, 0) is 6.54 Å². The number of hydrogen-bond donors (Lipinski definition) is 0. The SMILES string of the molecule is COc1cc(-n2cnc3cc(-c4ccc(F)cc4)ccc3c2=O)ccc1OCCN(C)Cc1ccccc1. The molecule has 38 heavy (non-hydrogen) atoms. The lowest BCUT2D eigenvalue weighted by Gasteiger charge is -2.18. The summed E-state index contributed by atoms with van der Waals surface area (Å²) < 4.78 is 26.3. The Morgan fingerprint density at radius 1 is 0.895 bits per heavy atom. The van der Waals surface area contributed by atoms with E-state index in [2.05, 4.69) is 29.1 Å². The summed E-state index contributed by atoms with van der Waals surface area (Å²) in [5, 5.41) is 0.485. The first-order valence-corrected chi connectivity index (χ1v) is 12.3. The van der Waals surface area contributed by atoms with Crippen molar-refractivity contribution in [1.29, 1.82) is 0 Å². The Bertz CT molecular complexity index is 1600. The number of fused-ring (bicyclic) bond motifs is 1. The maximum atomic E-state index is 13.3. The average molecular weight is 510 g/mol. The van der Waals surface area contributed by atoms with Gasteiger partial charge in [0.05, 0.1) is 23.7 Å². The molecule has 7 heteroatoms. The van der Waals surface area contributed by atoms with Gasteiger partial charge in [-0.25, -0.2) is 9.37 Å². The van der Waals surface area contributed by atoms with Gasteiger partial charge in [-0.15, -0.1) is 0 Å². The number of halogens is 1. The van der Waals surface area contributed by atoms with Gasteiger partial charge in [0.25, 0.3) is 5.56 Å². The zero-order valence-electron chi connectivity index (χ0n) is 21.3. The number of rotatable bonds is 9. The standard InChI is InChI=1S/C31H28FN3O3/c1-34(20-22-6-4-3-5-7-22)16-17-38-29-15-13-26(19-30(29)37-2)35-21-33-28-18-24(10-14-27(28)31(35)36)23-8-11-25(32)12-9-23/h3-15,18-19,21H,16-17,20H2,1-2H3. The average Bonchev–Trinajstić information content (AvgIpc) is 2.94. The topological polar surface area (TPSA) is 56.6 Å². The largest absolute Gasteiger partial charge is 0.493 e. The molecule has 6 nitrogen and oxygen atoms in total. The van der Waals surface area contributed by atoms with Gasteiger partial charge in [-0.05, 0) is 60.1 Å². The van der Waals surface area contributed by atoms with Crippen molar-refractivity contribution in [3.63, 3.8) is 0 Å². The van der Waals surface area contributed by atoms with Gasteiger partial charge in [-0.3, -0.25) is 14.3 Å². The van der Waals surface area contributed by atoms with E-state index >= 15 is 0 Å². The number of methoxy groups -OCH3 is 1. The van der Waals surface area contributed by atoms with E-state index in [4.69, 9.17) is 9.47 Å². The fourth-order valence-electron chi connectivity index (χ4n) is 4.34. The fourth-order valence-corrected chi connectivity index (χ4v) is 4.34. The van der Waals surface area contributed by atoms with Gasteiger partial charge in [0.2, 0.25) is 0 Å². The molecule has 0 saturated carbocycles. The highest BCUT2D eigenvalue weighted by Gasteiger charge is 2.12. The molecule has 1 aromatic heterocycles. The van der Waals surface area contributed by atoms with Crippen molar-refractivity contribution in [2.75, 3.05) is 27.3 Å². The van der Waals surface area contributed by atoms with Crippen LogP contribution in [0.1, 0.15) is 5.56 Å². The Hall–Kier alpha value is -4.49. The van der Waals surface area contributed by atoms with Crippen LogP contribution in [0, 0.1) is 5.82 Å². The molecule has 4 aromatic carbocycles. The molecule has 0 radical (unpaired) electrons. The fraction of sp³-hybridized carbons (Fsp3) is 0.161. The molecule has 5 aromatic rings. The second-order valence-electron chi connectivity index (χ2n) is 9.07. The van der Waals surface area contributed by atoms with Crippen LogP contribution < -0.4 is 15.0 Å². The number of nitrogens with zero attached hydrogens (tertiary/aromatic N) is 3. The molecule has 0 N–H and O–H groups in total. The minimum Gasteiger partial charge on any atom is -0.493 e. The van der Waals surface area contributed by atoms with E-state index in [1.165, 1.54) is 28.6 Å². The Labute approximate surface area is 220 Å². The Morgan fingerprint density at radius 3 is 2.42 bits per heavy atom. The molecule has 0 aliphatic rings. The predicted octanol–water partition coefficient (Wildman–Crippen LogP) is 5.71. The maximum absolute atomic E-state index is 13.3. The molecule has 0 bridgehead atoms. The first-order chi connectivity index (χ1) is 18.5. The molecule has 0 spiro atoms. The van der Waals surface area contributed by atoms with Gasteiger partial charge in [-0.2, -0.15) is 0 Å². The van der Waals surface area contributed by atoms with E-state index in [9.17, 15) is 9.18 Å². The van der Waals surface area contributed by atoms with Crippen molar-refractivity contribution in [1.82, 2.24) is 14.5 Å². The minimum absolute atomic E-state index is 0.195. The molecule has 0 aliphatic heterocycles. The highest BCUT2D eigenvalue weighted by atomic mass is 19.1. The van der Waals surface area contributed by atoms with E-state index < -0.39 is 0 Å². The summed E-state index contributed by atoms with van der Waals surface area (Å²) >= 11 is 0. The monoisotopic (exact) mass is 509 g/mol. The van der Waals surface area contributed by atoms with Crippen LogP contribution in [0.4, 0.5) is 4.39 Å². The van der Waals surface area contributed by atoms with Gasteiger partial charge in [0, 0.05) is 19.2 Å². The number of hydrogen-bond acceptors (Lipinski definition) is 5. The molecule has 0 amide bonds. The summed E-state index contributed by atoms with van der Waals surface area (Å²) in [6.07, 6.45) is 1.51. The molecule has 0 unspecified atom stereocenters. The van der Waals surface area contributed by atoms with E-state index in [1.54, 1.807) is 37.4 Å². The maximum Gasteiger partial charge on any atom is 0.265 e. The van der Waals surface area contributed by atoms with Crippen LogP contribution in [0.3, 0.4) is 0 Å². The van der Waals surface area contributed by atoms with Gasteiger partial charge < -0.3 is 9.47 Å². The lowest BCUT2D eigenvalue weighted by atomic mass is 10.0. The third kappa shape index (κ3) is 5.58. The summed E-state index contributed by atoms with van der Waals surface area (Å²) in [4.78, 5) is 20.0. The zero-order chi connectivity index (χ0) is 26.5. The van der Waals surface area contributed by atoms with Gasteiger partial charge in [0.15, 0.2) is 11.5 Å². The van der Waals surface area contributed by atoms with Crippen molar-refractivity contribution in [3.05, 3.63) is 119 Å². The molecule has 1 heterocycles. The molecular formula is C31H28FN3O3. The second kappa shape index (κ2) is 11.3. The van der Waals surface area contributed by atoms with E-state index in [0.29, 0.717) is 34.7 Å². The van der Waals surface area contributed by atoms with Crippen molar-refractivity contribution < 1.29 is 13.9 Å². The Morgan fingerprint density at radius 2 is 1.66 bits per heavy atom.